The standard InChI is InChI=1S/C22H27ClN2O4/c1-13-17(23)4-3-5-18(13)24-19(27)11-29-20(28)21-7-15-6-16(8-21)10-22(9-15,12-21)25-14(2)26/h3-5,15-16H,6-12H2,1-2H3,(H,24,27)(H,25,26)/t15-,16-,21?,22?/m1/s1. The number of hydrogen-bond donors (Lipinski definition) is 2. The minimum atomic E-state index is -0.585. The van der Waals surface area contributed by atoms with Crippen LogP contribution in [-0.4, -0.2) is 29.9 Å². The van der Waals surface area contributed by atoms with E-state index in [-0.39, 0.29) is 29.9 Å². The van der Waals surface area contributed by atoms with E-state index >= 15 is 0 Å². The van der Waals surface area contributed by atoms with Crippen molar-refractivity contribution >= 4 is 35.1 Å². The molecule has 156 valence electrons. The first-order valence-corrected chi connectivity index (χ1v) is 10.6. The Morgan fingerprint density at radius 3 is 2.52 bits per heavy atom. The molecule has 4 saturated carbocycles. The van der Waals surface area contributed by atoms with Crippen molar-refractivity contribution in [2.24, 2.45) is 17.3 Å². The van der Waals surface area contributed by atoms with Crippen molar-refractivity contribution in [1.82, 2.24) is 5.32 Å². The summed E-state index contributed by atoms with van der Waals surface area (Å²) in [5.74, 6) is 0.119. The molecule has 4 bridgehead atoms. The van der Waals surface area contributed by atoms with E-state index in [1.807, 2.05) is 6.92 Å². The van der Waals surface area contributed by atoms with Gasteiger partial charge in [0.25, 0.3) is 5.91 Å². The van der Waals surface area contributed by atoms with Crippen LogP contribution in [0.3, 0.4) is 0 Å². The van der Waals surface area contributed by atoms with Gasteiger partial charge in [-0.2, -0.15) is 0 Å². The van der Waals surface area contributed by atoms with E-state index in [0.717, 1.165) is 37.7 Å². The van der Waals surface area contributed by atoms with E-state index in [4.69, 9.17) is 16.3 Å². The van der Waals surface area contributed by atoms with Gasteiger partial charge in [0.05, 0.1) is 5.41 Å². The largest absolute Gasteiger partial charge is 0.455 e. The molecule has 4 aliphatic carbocycles. The molecule has 6 nitrogen and oxygen atoms in total. The average molecular weight is 419 g/mol. The monoisotopic (exact) mass is 418 g/mol. The first kappa shape index (κ1) is 20.2. The smallest absolute Gasteiger partial charge is 0.312 e. The molecule has 5 rings (SSSR count). The van der Waals surface area contributed by atoms with Crippen LogP contribution in [0.2, 0.25) is 5.02 Å². The third kappa shape index (κ3) is 3.87. The van der Waals surface area contributed by atoms with Crippen molar-refractivity contribution in [3.8, 4) is 0 Å². The van der Waals surface area contributed by atoms with E-state index in [2.05, 4.69) is 10.6 Å². The van der Waals surface area contributed by atoms with Crippen LogP contribution in [0.1, 0.15) is 51.0 Å². The zero-order valence-corrected chi connectivity index (χ0v) is 17.6. The van der Waals surface area contributed by atoms with Crippen LogP contribution in [0.25, 0.3) is 0 Å². The zero-order chi connectivity index (χ0) is 20.8. The molecule has 2 amide bonds. The minimum Gasteiger partial charge on any atom is -0.455 e. The molecule has 0 aromatic heterocycles. The second kappa shape index (κ2) is 7.31. The Labute approximate surface area is 175 Å². The van der Waals surface area contributed by atoms with Crippen molar-refractivity contribution in [2.75, 3.05) is 11.9 Å². The van der Waals surface area contributed by atoms with Crippen LogP contribution in [0.4, 0.5) is 5.69 Å². The lowest BCUT2D eigenvalue weighted by molar-refractivity contribution is -0.176. The van der Waals surface area contributed by atoms with Crippen molar-refractivity contribution in [3.63, 3.8) is 0 Å². The summed E-state index contributed by atoms with van der Waals surface area (Å²) in [7, 11) is 0. The zero-order valence-electron chi connectivity index (χ0n) is 16.8. The highest BCUT2D eigenvalue weighted by atomic mass is 35.5. The topological polar surface area (TPSA) is 84.5 Å². The van der Waals surface area contributed by atoms with E-state index in [9.17, 15) is 14.4 Å². The highest BCUT2D eigenvalue weighted by molar-refractivity contribution is 6.31. The average Bonchev–Trinajstić information content (AvgIpc) is 2.61. The normalized spacial score (nSPS) is 32.0. The fourth-order valence-corrected chi connectivity index (χ4v) is 6.41. The number of rotatable bonds is 5. The lowest BCUT2D eigenvalue weighted by atomic mass is 9.47. The Hall–Kier alpha value is -2.08. The first-order valence-electron chi connectivity index (χ1n) is 10.2. The summed E-state index contributed by atoms with van der Waals surface area (Å²) >= 11 is 6.08. The number of benzene rings is 1. The molecule has 1 aromatic carbocycles. The summed E-state index contributed by atoms with van der Waals surface area (Å²) in [4.78, 5) is 37.1. The quantitative estimate of drug-likeness (QED) is 0.715. The minimum absolute atomic E-state index is 0.0493. The summed E-state index contributed by atoms with van der Waals surface area (Å²) in [6.07, 6.45) is 5.18. The van der Waals surface area contributed by atoms with Crippen LogP contribution < -0.4 is 10.6 Å². The molecule has 4 aliphatic rings. The van der Waals surface area contributed by atoms with Gasteiger partial charge in [0.1, 0.15) is 0 Å². The first-order chi connectivity index (χ1) is 13.7. The lowest BCUT2D eigenvalue weighted by Crippen LogP contribution is -2.64. The van der Waals surface area contributed by atoms with E-state index in [1.165, 1.54) is 6.92 Å². The Bertz CT molecular complexity index is 854. The van der Waals surface area contributed by atoms with Crippen LogP contribution in [-0.2, 0) is 19.1 Å². The van der Waals surface area contributed by atoms with Gasteiger partial charge in [-0.25, -0.2) is 0 Å². The van der Waals surface area contributed by atoms with Crippen molar-refractivity contribution in [3.05, 3.63) is 28.8 Å². The van der Waals surface area contributed by atoms with Crippen molar-refractivity contribution in [2.45, 2.75) is 57.9 Å². The molecular weight excluding hydrogens is 392 g/mol. The summed E-state index contributed by atoms with van der Waals surface area (Å²) < 4.78 is 5.48. The molecule has 0 heterocycles. The maximum atomic E-state index is 13.1. The van der Waals surface area contributed by atoms with Gasteiger partial charge in [0.15, 0.2) is 6.61 Å². The van der Waals surface area contributed by atoms with Gasteiger partial charge >= 0.3 is 5.97 Å². The summed E-state index contributed by atoms with van der Waals surface area (Å²) in [6.45, 7) is 3.03. The molecule has 2 atom stereocenters. The van der Waals surface area contributed by atoms with Crippen LogP contribution in [0, 0.1) is 24.2 Å². The molecule has 7 heteroatoms. The number of ether oxygens (including phenoxy) is 1. The highest BCUT2D eigenvalue weighted by Crippen LogP contribution is 2.62. The second-order valence-electron chi connectivity index (χ2n) is 9.24. The van der Waals surface area contributed by atoms with Crippen LogP contribution in [0.15, 0.2) is 18.2 Å². The van der Waals surface area contributed by atoms with Gasteiger partial charge in [-0.05, 0) is 75.0 Å². The van der Waals surface area contributed by atoms with Gasteiger partial charge in [-0.3, -0.25) is 14.4 Å². The molecule has 2 N–H and O–H groups in total. The molecule has 0 radical (unpaired) electrons. The molecule has 0 aliphatic heterocycles. The predicted molar refractivity (Wildman–Crippen MR) is 109 cm³/mol. The number of hydrogen-bond acceptors (Lipinski definition) is 4. The number of carbonyl (C=O) groups is 3. The maximum absolute atomic E-state index is 13.1. The lowest BCUT2D eigenvalue weighted by Gasteiger charge is -2.60. The fraction of sp³-hybridized carbons (Fsp3) is 0.591. The fourth-order valence-electron chi connectivity index (χ4n) is 6.23. The molecular formula is C22H27ClN2O4. The van der Waals surface area contributed by atoms with Crippen molar-refractivity contribution < 1.29 is 19.1 Å². The third-order valence-electron chi connectivity index (χ3n) is 6.81. The van der Waals surface area contributed by atoms with Gasteiger partial charge in [-0.1, -0.05) is 17.7 Å². The summed E-state index contributed by atoms with van der Waals surface area (Å²) in [6, 6.07) is 5.27. The Balaban J connectivity index is 1.41. The van der Waals surface area contributed by atoms with E-state index < -0.39 is 5.41 Å². The molecule has 0 saturated heterocycles. The number of amides is 2. The molecule has 29 heavy (non-hydrogen) atoms. The van der Waals surface area contributed by atoms with E-state index in [1.54, 1.807) is 18.2 Å². The van der Waals surface area contributed by atoms with Crippen LogP contribution >= 0.6 is 11.6 Å². The Kier molecular flexibility index (Phi) is 5.09. The van der Waals surface area contributed by atoms with Gasteiger partial charge in [-0.15, -0.1) is 0 Å². The number of nitrogens with one attached hydrogen (secondary N) is 2. The molecule has 0 unspecified atom stereocenters. The molecule has 1 aromatic rings. The van der Waals surface area contributed by atoms with Gasteiger partial charge < -0.3 is 15.4 Å². The third-order valence-corrected chi connectivity index (χ3v) is 7.22. The Morgan fingerprint density at radius 1 is 1.17 bits per heavy atom. The summed E-state index contributed by atoms with van der Waals surface area (Å²) in [5, 5.41) is 6.46. The van der Waals surface area contributed by atoms with Crippen LogP contribution in [0.5, 0.6) is 0 Å². The maximum Gasteiger partial charge on any atom is 0.312 e. The predicted octanol–water partition coefficient (Wildman–Crippen LogP) is 3.61. The van der Waals surface area contributed by atoms with Gasteiger partial charge in [0, 0.05) is 23.2 Å². The number of halogens is 1. The number of anilines is 1. The number of carbonyl (C=O) groups excluding carboxylic acids is 3. The second-order valence-corrected chi connectivity index (χ2v) is 9.65. The van der Waals surface area contributed by atoms with E-state index in [0.29, 0.717) is 29.0 Å². The van der Waals surface area contributed by atoms with Crippen molar-refractivity contribution in [1.29, 1.82) is 0 Å². The SMILES string of the molecule is CC(=O)NC12C[C@@H]3C[C@@H](C1)CC(C(=O)OCC(=O)Nc1cccc(Cl)c1C)(C3)C2. The highest BCUT2D eigenvalue weighted by Gasteiger charge is 2.61. The van der Waals surface area contributed by atoms with Gasteiger partial charge in [0.2, 0.25) is 5.91 Å². The number of esters is 1. The molecule has 4 fully saturated rings. The Morgan fingerprint density at radius 2 is 1.86 bits per heavy atom. The molecule has 0 spiro atoms. The summed E-state index contributed by atoms with van der Waals surface area (Å²) in [5.41, 5.74) is 0.499.